The van der Waals surface area contributed by atoms with Crippen LogP contribution in [0.2, 0.25) is 0 Å². The average Bonchev–Trinajstić information content (AvgIpc) is 3.01. The van der Waals surface area contributed by atoms with E-state index in [2.05, 4.69) is 10.1 Å². The van der Waals surface area contributed by atoms with Gasteiger partial charge >= 0.3 is 5.97 Å². The van der Waals surface area contributed by atoms with Crippen molar-refractivity contribution in [3.63, 3.8) is 0 Å². The van der Waals surface area contributed by atoms with E-state index < -0.39 is 5.97 Å². The maximum atomic E-state index is 13.3. The van der Waals surface area contributed by atoms with E-state index in [0.717, 1.165) is 5.69 Å². The first-order valence-electron chi connectivity index (χ1n) is 9.34. The Morgan fingerprint density at radius 2 is 2.18 bits per heavy atom. The first kappa shape index (κ1) is 20.2. The second-order valence-electron chi connectivity index (χ2n) is 7.53. The van der Waals surface area contributed by atoms with Gasteiger partial charge in [0.25, 0.3) is 11.6 Å². The maximum Gasteiger partial charge on any atom is 0.317 e. The molecule has 0 bridgehead atoms. The number of carboxylic acid groups (broad SMARTS) is 1. The van der Waals surface area contributed by atoms with Crippen LogP contribution in [0.25, 0.3) is 11.1 Å². The highest BCUT2D eigenvalue weighted by Gasteiger charge is 2.29. The van der Waals surface area contributed by atoms with E-state index in [1.165, 1.54) is 0 Å². The fourth-order valence-corrected chi connectivity index (χ4v) is 3.41. The molecule has 3 heterocycles. The smallest absolute Gasteiger partial charge is 0.317 e. The van der Waals surface area contributed by atoms with Gasteiger partial charge in [-0.25, -0.2) is 4.98 Å². The molecule has 1 atom stereocenters. The summed E-state index contributed by atoms with van der Waals surface area (Å²) in [6, 6.07) is 1.82. The van der Waals surface area contributed by atoms with E-state index >= 15 is 0 Å². The van der Waals surface area contributed by atoms with Gasteiger partial charge in [0, 0.05) is 25.3 Å². The molecule has 0 aliphatic carbocycles. The lowest BCUT2D eigenvalue weighted by atomic mass is 10.0. The first-order chi connectivity index (χ1) is 13.3. The van der Waals surface area contributed by atoms with Crippen molar-refractivity contribution in [2.75, 3.05) is 39.8 Å². The Bertz CT molecular complexity index is 879. The van der Waals surface area contributed by atoms with Crippen molar-refractivity contribution in [2.24, 2.45) is 0 Å². The Labute approximate surface area is 163 Å². The van der Waals surface area contributed by atoms with E-state index in [9.17, 15) is 9.59 Å². The molecule has 1 N–H and O–H groups in total. The number of hydrogen-bond acceptors (Lipinski definition) is 7. The van der Waals surface area contributed by atoms with Crippen LogP contribution in [0.3, 0.4) is 0 Å². The van der Waals surface area contributed by atoms with Gasteiger partial charge in [0.1, 0.15) is 0 Å². The molecule has 1 unspecified atom stereocenters. The van der Waals surface area contributed by atoms with Crippen LogP contribution >= 0.6 is 0 Å². The molecule has 9 heteroatoms. The normalized spacial score (nSPS) is 17.6. The van der Waals surface area contributed by atoms with Crippen LogP contribution in [0.5, 0.6) is 0 Å². The standard InChI is InChI=1S/C19H26N4O5/c1-11(2)15-7-14(17-12(3)21-28-18(17)20-15)19(26)23-5-6-27-13(9-23)8-22(4)10-16(24)25/h7,11,13H,5-6,8-10H2,1-4H3,(H,24,25). The summed E-state index contributed by atoms with van der Waals surface area (Å²) in [5.74, 6) is -0.868. The fraction of sp³-hybridized carbons (Fsp3) is 0.579. The van der Waals surface area contributed by atoms with E-state index in [4.69, 9.17) is 14.4 Å². The van der Waals surface area contributed by atoms with Crippen molar-refractivity contribution in [3.8, 4) is 0 Å². The van der Waals surface area contributed by atoms with Gasteiger partial charge in [-0.3, -0.25) is 14.5 Å². The van der Waals surface area contributed by atoms with Gasteiger partial charge in [0.05, 0.1) is 35.9 Å². The lowest BCUT2D eigenvalue weighted by molar-refractivity contribution is -0.138. The van der Waals surface area contributed by atoms with Gasteiger partial charge in [0.2, 0.25) is 0 Å². The van der Waals surface area contributed by atoms with Crippen LogP contribution < -0.4 is 0 Å². The van der Waals surface area contributed by atoms with Crippen molar-refractivity contribution in [2.45, 2.75) is 32.8 Å². The van der Waals surface area contributed by atoms with Crippen LogP contribution in [0.15, 0.2) is 10.6 Å². The number of pyridine rings is 1. The SMILES string of the molecule is Cc1noc2nc(C(C)C)cc(C(=O)N3CCOC(CN(C)CC(=O)O)C3)c12. The number of amides is 1. The molecule has 1 fully saturated rings. The number of likely N-dealkylation sites (N-methyl/N-ethyl adjacent to an activating group) is 1. The van der Waals surface area contributed by atoms with Crippen LogP contribution in [-0.2, 0) is 9.53 Å². The zero-order chi connectivity index (χ0) is 20.4. The van der Waals surface area contributed by atoms with Crippen molar-refractivity contribution in [1.29, 1.82) is 0 Å². The van der Waals surface area contributed by atoms with Crippen molar-refractivity contribution >= 4 is 23.0 Å². The second kappa shape index (κ2) is 8.24. The van der Waals surface area contributed by atoms with E-state index in [1.54, 1.807) is 23.8 Å². The molecule has 2 aromatic heterocycles. The highest BCUT2D eigenvalue weighted by Crippen LogP contribution is 2.26. The summed E-state index contributed by atoms with van der Waals surface area (Å²) in [4.78, 5) is 32.1. The van der Waals surface area contributed by atoms with Crippen LogP contribution in [-0.4, -0.2) is 82.9 Å². The summed E-state index contributed by atoms with van der Waals surface area (Å²) in [5.41, 5.74) is 2.31. The minimum atomic E-state index is -0.894. The molecule has 28 heavy (non-hydrogen) atoms. The summed E-state index contributed by atoms with van der Waals surface area (Å²) in [6.45, 7) is 7.45. The molecule has 152 valence electrons. The van der Waals surface area contributed by atoms with Crippen molar-refractivity contribution < 1.29 is 24.0 Å². The third-order valence-electron chi connectivity index (χ3n) is 4.81. The summed E-state index contributed by atoms with van der Waals surface area (Å²) in [6.07, 6.45) is -0.243. The van der Waals surface area contributed by atoms with E-state index in [-0.39, 0.29) is 24.5 Å². The molecule has 9 nitrogen and oxygen atoms in total. The predicted molar refractivity (Wildman–Crippen MR) is 101 cm³/mol. The van der Waals surface area contributed by atoms with Gasteiger partial charge in [-0.05, 0) is 26.0 Å². The number of carbonyl (C=O) groups excluding carboxylic acids is 1. The van der Waals surface area contributed by atoms with E-state index in [0.29, 0.717) is 48.6 Å². The van der Waals surface area contributed by atoms with Gasteiger partial charge < -0.3 is 19.3 Å². The summed E-state index contributed by atoms with van der Waals surface area (Å²) in [7, 11) is 1.72. The number of rotatable bonds is 6. The molecule has 1 saturated heterocycles. The third kappa shape index (κ3) is 4.31. The maximum absolute atomic E-state index is 13.3. The molecule has 1 amide bonds. The molecule has 1 aliphatic heterocycles. The summed E-state index contributed by atoms with van der Waals surface area (Å²) < 4.78 is 11.0. The van der Waals surface area contributed by atoms with Crippen molar-refractivity contribution in [3.05, 3.63) is 23.0 Å². The summed E-state index contributed by atoms with van der Waals surface area (Å²) in [5, 5.41) is 13.5. The number of hydrogen-bond donors (Lipinski definition) is 1. The Morgan fingerprint density at radius 3 is 2.86 bits per heavy atom. The Kier molecular flexibility index (Phi) is 5.95. The lowest BCUT2D eigenvalue weighted by Crippen LogP contribution is -2.49. The quantitative estimate of drug-likeness (QED) is 0.791. The van der Waals surface area contributed by atoms with Gasteiger partial charge in [0.15, 0.2) is 0 Å². The number of carbonyl (C=O) groups is 2. The number of fused-ring (bicyclic) bond motifs is 1. The molecular weight excluding hydrogens is 364 g/mol. The monoisotopic (exact) mass is 390 g/mol. The second-order valence-corrected chi connectivity index (χ2v) is 7.53. The van der Waals surface area contributed by atoms with Crippen LogP contribution in [0, 0.1) is 6.92 Å². The predicted octanol–water partition coefficient (Wildman–Crippen LogP) is 1.51. The molecule has 2 aromatic rings. The molecule has 0 saturated carbocycles. The molecule has 3 rings (SSSR count). The minimum Gasteiger partial charge on any atom is -0.480 e. The van der Waals surface area contributed by atoms with Crippen LogP contribution in [0.1, 0.15) is 41.5 Å². The van der Waals surface area contributed by atoms with Gasteiger partial charge in [-0.1, -0.05) is 19.0 Å². The van der Waals surface area contributed by atoms with Gasteiger partial charge in [-0.2, -0.15) is 0 Å². The lowest BCUT2D eigenvalue weighted by Gasteiger charge is -2.34. The van der Waals surface area contributed by atoms with E-state index in [1.807, 2.05) is 19.9 Å². The Morgan fingerprint density at radius 1 is 1.43 bits per heavy atom. The molecule has 0 spiro atoms. The number of morpholine rings is 1. The first-order valence-corrected chi connectivity index (χ1v) is 9.34. The number of aromatic nitrogens is 2. The molecular formula is C19H26N4O5. The highest BCUT2D eigenvalue weighted by atomic mass is 16.5. The summed E-state index contributed by atoms with van der Waals surface area (Å²) >= 11 is 0. The van der Waals surface area contributed by atoms with Crippen molar-refractivity contribution in [1.82, 2.24) is 19.9 Å². The largest absolute Gasteiger partial charge is 0.480 e. The van der Waals surface area contributed by atoms with Crippen LogP contribution in [0.4, 0.5) is 0 Å². The number of ether oxygens (including phenoxy) is 1. The Hall–Kier alpha value is -2.52. The topological polar surface area (TPSA) is 109 Å². The zero-order valence-electron chi connectivity index (χ0n) is 16.6. The zero-order valence-corrected chi connectivity index (χ0v) is 16.6. The number of aryl methyl sites for hydroxylation is 1. The average molecular weight is 390 g/mol. The highest BCUT2D eigenvalue weighted by molar-refractivity contribution is 6.06. The molecule has 0 aromatic carbocycles. The number of nitrogens with zero attached hydrogens (tertiary/aromatic N) is 4. The number of aliphatic carboxylic acids is 1. The fourth-order valence-electron chi connectivity index (χ4n) is 3.41. The minimum absolute atomic E-state index is 0.0730. The van der Waals surface area contributed by atoms with Gasteiger partial charge in [-0.15, -0.1) is 0 Å². The molecule has 0 radical (unpaired) electrons. The third-order valence-corrected chi connectivity index (χ3v) is 4.81. The Balaban J connectivity index is 1.83. The molecule has 1 aliphatic rings. The number of carboxylic acids is 1.